The number of hydrogen-bond acceptors (Lipinski definition) is 3. The zero-order valence-corrected chi connectivity index (χ0v) is 11.4. The Balaban J connectivity index is 1.97. The second-order valence-electron chi connectivity index (χ2n) is 4.68. The molecule has 1 N–H and O–H groups in total. The van der Waals surface area contributed by atoms with Crippen LogP contribution in [0.1, 0.15) is 10.4 Å². The van der Waals surface area contributed by atoms with Crippen LogP contribution < -0.4 is 0 Å². The van der Waals surface area contributed by atoms with Crippen molar-refractivity contribution < 1.29 is 14.3 Å². The molecule has 0 saturated heterocycles. The molecule has 0 amide bonds. The Morgan fingerprint density at radius 2 is 1.36 bits per heavy atom. The minimum atomic E-state index is -0.971. The highest BCUT2D eigenvalue weighted by Crippen LogP contribution is 2.23. The van der Waals surface area contributed by atoms with Crippen LogP contribution in [0.5, 0.6) is 0 Å². The topological polar surface area (TPSA) is 63.1 Å². The Morgan fingerprint density at radius 3 is 1.86 bits per heavy atom. The monoisotopic (exact) mass is 294 g/mol. The van der Waals surface area contributed by atoms with Gasteiger partial charge in [0, 0.05) is 11.1 Å². The van der Waals surface area contributed by atoms with Crippen molar-refractivity contribution in [3.8, 4) is 22.5 Å². The number of aromatic carboxylic acids is 1. The molecule has 0 spiro atoms. The van der Waals surface area contributed by atoms with E-state index in [1.807, 2.05) is 0 Å². The minimum absolute atomic E-state index is 0.219. The van der Waals surface area contributed by atoms with Crippen LogP contribution in [-0.4, -0.2) is 21.0 Å². The maximum Gasteiger partial charge on any atom is 0.335 e. The Labute approximate surface area is 125 Å². The first-order chi connectivity index (χ1) is 10.6. The molecule has 3 rings (SSSR count). The highest BCUT2D eigenvalue weighted by Gasteiger charge is 2.06. The normalized spacial score (nSPS) is 10.4. The van der Waals surface area contributed by atoms with Gasteiger partial charge < -0.3 is 5.11 Å². The van der Waals surface area contributed by atoms with Crippen molar-refractivity contribution in [2.45, 2.75) is 0 Å². The van der Waals surface area contributed by atoms with Crippen LogP contribution in [-0.2, 0) is 0 Å². The Kier molecular flexibility index (Phi) is 3.62. The van der Waals surface area contributed by atoms with Crippen molar-refractivity contribution in [2.75, 3.05) is 0 Å². The van der Waals surface area contributed by atoms with E-state index in [4.69, 9.17) is 5.11 Å². The number of benzene rings is 2. The number of hydrogen-bond donors (Lipinski definition) is 1. The summed E-state index contributed by atoms with van der Waals surface area (Å²) in [5.41, 5.74) is 3.14. The lowest BCUT2D eigenvalue weighted by Gasteiger charge is -2.05. The number of carbonyl (C=O) groups is 1. The van der Waals surface area contributed by atoms with E-state index in [1.54, 1.807) is 30.3 Å². The van der Waals surface area contributed by atoms with Gasteiger partial charge in [0.05, 0.1) is 17.0 Å². The zero-order chi connectivity index (χ0) is 15.5. The first-order valence-electron chi connectivity index (χ1n) is 6.55. The van der Waals surface area contributed by atoms with Gasteiger partial charge in [-0.25, -0.2) is 19.2 Å². The number of aromatic nitrogens is 2. The molecule has 0 fully saturated rings. The molecule has 0 atom stereocenters. The fourth-order valence-electron chi connectivity index (χ4n) is 2.08. The molecule has 5 heteroatoms. The third-order valence-corrected chi connectivity index (χ3v) is 3.23. The van der Waals surface area contributed by atoms with Gasteiger partial charge in [-0.3, -0.25) is 0 Å². The van der Waals surface area contributed by atoms with Crippen molar-refractivity contribution in [2.24, 2.45) is 0 Å². The number of rotatable bonds is 3. The summed E-state index contributed by atoms with van der Waals surface area (Å²) in [6.45, 7) is 0. The predicted octanol–water partition coefficient (Wildman–Crippen LogP) is 3.65. The third-order valence-electron chi connectivity index (χ3n) is 3.23. The fourth-order valence-corrected chi connectivity index (χ4v) is 2.08. The van der Waals surface area contributed by atoms with Crippen molar-refractivity contribution in [3.63, 3.8) is 0 Å². The lowest BCUT2D eigenvalue weighted by atomic mass is 10.1. The summed E-state index contributed by atoms with van der Waals surface area (Å²) < 4.78 is 13.0. The summed E-state index contributed by atoms with van der Waals surface area (Å²) in [7, 11) is 0. The molecular formula is C17H11FN2O2. The van der Waals surface area contributed by atoms with E-state index in [1.165, 1.54) is 30.6 Å². The molecule has 3 aromatic rings. The van der Waals surface area contributed by atoms with Crippen LogP contribution in [0.4, 0.5) is 4.39 Å². The van der Waals surface area contributed by atoms with Crippen molar-refractivity contribution in [1.82, 2.24) is 9.97 Å². The summed E-state index contributed by atoms with van der Waals surface area (Å²) in [6.07, 6.45) is 1.43. The van der Waals surface area contributed by atoms with Crippen LogP contribution >= 0.6 is 0 Å². The van der Waals surface area contributed by atoms with E-state index in [0.29, 0.717) is 11.4 Å². The predicted molar refractivity (Wildman–Crippen MR) is 79.8 cm³/mol. The first kappa shape index (κ1) is 13.9. The second-order valence-corrected chi connectivity index (χ2v) is 4.68. The Bertz CT molecular complexity index is 815. The van der Waals surface area contributed by atoms with E-state index >= 15 is 0 Å². The van der Waals surface area contributed by atoms with Crippen LogP contribution in [0.15, 0.2) is 60.9 Å². The lowest BCUT2D eigenvalue weighted by Crippen LogP contribution is -1.95. The average molecular weight is 294 g/mol. The van der Waals surface area contributed by atoms with Gasteiger partial charge in [0.2, 0.25) is 0 Å². The average Bonchev–Trinajstić information content (AvgIpc) is 2.56. The van der Waals surface area contributed by atoms with Crippen LogP contribution in [0, 0.1) is 5.82 Å². The van der Waals surface area contributed by atoms with Gasteiger partial charge in [-0.1, -0.05) is 12.1 Å². The van der Waals surface area contributed by atoms with Gasteiger partial charge >= 0.3 is 5.97 Å². The van der Waals surface area contributed by atoms with E-state index in [-0.39, 0.29) is 11.4 Å². The summed E-state index contributed by atoms with van der Waals surface area (Å²) in [6, 6.07) is 14.3. The van der Waals surface area contributed by atoms with Crippen molar-refractivity contribution in [1.29, 1.82) is 0 Å². The number of nitrogens with zero attached hydrogens (tertiary/aromatic N) is 2. The molecule has 0 aliphatic heterocycles. The molecule has 1 aromatic heterocycles. The quantitative estimate of drug-likeness (QED) is 0.801. The number of carboxylic acids is 1. The summed E-state index contributed by atoms with van der Waals surface area (Å²) in [5.74, 6) is -1.27. The van der Waals surface area contributed by atoms with Gasteiger partial charge in [0.1, 0.15) is 12.1 Å². The molecule has 0 unspecified atom stereocenters. The maximum atomic E-state index is 13.0. The van der Waals surface area contributed by atoms with E-state index < -0.39 is 5.97 Å². The van der Waals surface area contributed by atoms with Gasteiger partial charge in [0.25, 0.3) is 0 Å². The summed E-state index contributed by atoms with van der Waals surface area (Å²) in [5, 5.41) is 8.91. The third kappa shape index (κ3) is 2.83. The molecule has 108 valence electrons. The van der Waals surface area contributed by atoms with Crippen LogP contribution in [0.2, 0.25) is 0 Å². The molecule has 0 aliphatic rings. The molecule has 0 bridgehead atoms. The van der Waals surface area contributed by atoms with E-state index in [0.717, 1.165) is 11.1 Å². The minimum Gasteiger partial charge on any atom is -0.478 e. The first-order valence-corrected chi connectivity index (χ1v) is 6.55. The second kappa shape index (κ2) is 5.73. The standard InChI is InChI=1S/C17H11FN2O2/c18-14-7-5-12(6-8-14)16-9-15(19-10-20-16)11-1-3-13(4-2-11)17(21)22/h1-10H,(H,21,22). The van der Waals surface area contributed by atoms with Crippen LogP contribution in [0.3, 0.4) is 0 Å². The van der Waals surface area contributed by atoms with Gasteiger partial charge in [-0.2, -0.15) is 0 Å². The molecule has 22 heavy (non-hydrogen) atoms. The molecule has 2 aromatic carbocycles. The highest BCUT2D eigenvalue weighted by molar-refractivity contribution is 5.88. The molecule has 0 aliphatic carbocycles. The molecular weight excluding hydrogens is 283 g/mol. The smallest absolute Gasteiger partial charge is 0.335 e. The number of halogens is 1. The van der Waals surface area contributed by atoms with Gasteiger partial charge in [0.15, 0.2) is 0 Å². The van der Waals surface area contributed by atoms with Crippen molar-refractivity contribution in [3.05, 3.63) is 72.3 Å². The van der Waals surface area contributed by atoms with E-state index in [9.17, 15) is 9.18 Å². The summed E-state index contributed by atoms with van der Waals surface area (Å²) in [4.78, 5) is 19.2. The molecule has 4 nitrogen and oxygen atoms in total. The largest absolute Gasteiger partial charge is 0.478 e. The fraction of sp³-hybridized carbons (Fsp3) is 0. The van der Waals surface area contributed by atoms with Crippen LogP contribution in [0.25, 0.3) is 22.5 Å². The van der Waals surface area contributed by atoms with Crippen molar-refractivity contribution >= 4 is 5.97 Å². The zero-order valence-electron chi connectivity index (χ0n) is 11.4. The highest BCUT2D eigenvalue weighted by atomic mass is 19.1. The van der Waals surface area contributed by atoms with Gasteiger partial charge in [-0.15, -0.1) is 0 Å². The number of carboxylic acid groups (broad SMARTS) is 1. The SMILES string of the molecule is O=C(O)c1ccc(-c2cc(-c3ccc(F)cc3)ncn2)cc1. The van der Waals surface area contributed by atoms with E-state index in [2.05, 4.69) is 9.97 Å². The Morgan fingerprint density at radius 1 is 0.864 bits per heavy atom. The van der Waals surface area contributed by atoms with Gasteiger partial charge in [-0.05, 0) is 42.5 Å². The lowest BCUT2D eigenvalue weighted by molar-refractivity contribution is 0.0697. The molecule has 0 radical (unpaired) electrons. The summed E-state index contributed by atoms with van der Waals surface area (Å²) >= 11 is 0. The molecule has 0 saturated carbocycles. The molecule has 1 heterocycles. The Hall–Kier alpha value is -3.08. The maximum absolute atomic E-state index is 13.0.